The number of aromatic nitrogens is 1. The lowest BCUT2D eigenvalue weighted by molar-refractivity contribution is -0.133. The van der Waals surface area contributed by atoms with E-state index in [-0.39, 0.29) is 17.6 Å². The smallest absolute Gasteiger partial charge is 0.255 e. The molecule has 0 spiro atoms. The first kappa shape index (κ1) is 16.8. The average Bonchev–Trinajstić information content (AvgIpc) is 2.56. The Morgan fingerprint density at radius 3 is 2.79 bits per heavy atom. The number of H-pyrrole nitrogens is 1. The largest absolute Gasteiger partial charge is 0.489 e. The number of hydrogen-bond acceptors (Lipinski definition) is 4. The van der Waals surface area contributed by atoms with Crippen LogP contribution in [0, 0.1) is 0 Å². The molecule has 0 saturated carbocycles. The van der Waals surface area contributed by atoms with Crippen LogP contribution in [-0.2, 0) is 4.79 Å². The zero-order valence-corrected chi connectivity index (χ0v) is 14.2. The summed E-state index contributed by atoms with van der Waals surface area (Å²) in [7, 11) is 0. The standard InChI is InChI=1S/C17H20ClN3O3/c1-10(19)17(23)21-6-3-12(4-7-21)24-15-8-11-2-5-20-16(22)13(11)9-14(15)18/h2,5,8-10,12H,3-4,6-7,19H2,1H3,(H,20,22). The Morgan fingerprint density at radius 2 is 2.12 bits per heavy atom. The number of likely N-dealkylation sites (tertiary alicyclic amines) is 1. The number of rotatable bonds is 3. The van der Waals surface area contributed by atoms with Crippen LogP contribution < -0.4 is 16.0 Å². The molecule has 1 unspecified atom stereocenters. The van der Waals surface area contributed by atoms with Crippen molar-refractivity contribution in [2.75, 3.05) is 13.1 Å². The number of carbonyl (C=O) groups excluding carboxylic acids is 1. The van der Waals surface area contributed by atoms with Crippen LogP contribution in [0.25, 0.3) is 10.8 Å². The van der Waals surface area contributed by atoms with Crippen molar-refractivity contribution < 1.29 is 9.53 Å². The molecule has 3 N–H and O–H groups in total. The monoisotopic (exact) mass is 349 g/mol. The first-order valence-corrected chi connectivity index (χ1v) is 8.35. The van der Waals surface area contributed by atoms with Gasteiger partial charge in [-0.25, -0.2) is 0 Å². The minimum absolute atomic E-state index is 0.0147. The zero-order chi connectivity index (χ0) is 17.3. The van der Waals surface area contributed by atoms with Crippen molar-refractivity contribution in [1.82, 2.24) is 9.88 Å². The van der Waals surface area contributed by atoms with Gasteiger partial charge >= 0.3 is 0 Å². The van der Waals surface area contributed by atoms with Gasteiger partial charge in [0.25, 0.3) is 5.56 Å². The van der Waals surface area contributed by atoms with Crippen LogP contribution in [0.3, 0.4) is 0 Å². The third-order valence-electron chi connectivity index (χ3n) is 4.26. The molecule has 1 amide bonds. The second-order valence-corrected chi connectivity index (χ2v) is 6.52. The number of hydrogen-bond donors (Lipinski definition) is 2. The van der Waals surface area contributed by atoms with E-state index in [9.17, 15) is 9.59 Å². The highest BCUT2D eigenvalue weighted by Crippen LogP contribution is 2.31. The molecule has 0 bridgehead atoms. The van der Waals surface area contributed by atoms with Crippen molar-refractivity contribution in [3.8, 4) is 5.75 Å². The van der Waals surface area contributed by atoms with E-state index >= 15 is 0 Å². The molecule has 2 heterocycles. The van der Waals surface area contributed by atoms with Gasteiger partial charge in [-0.05, 0) is 30.5 Å². The van der Waals surface area contributed by atoms with Crippen molar-refractivity contribution in [3.05, 3.63) is 39.8 Å². The minimum atomic E-state index is -0.476. The second kappa shape index (κ2) is 6.83. The maximum Gasteiger partial charge on any atom is 0.255 e. The molecule has 0 radical (unpaired) electrons. The molecule has 1 aliphatic rings. The normalized spacial score (nSPS) is 17.0. The first-order chi connectivity index (χ1) is 11.5. The van der Waals surface area contributed by atoms with Gasteiger partial charge in [-0.15, -0.1) is 0 Å². The van der Waals surface area contributed by atoms with Crippen LogP contribution in [0.2, 0.25) is 5.02 Å². The van der Waals surface area contributed by atoms with Crippen LogP contribution in [0.5, 0.6) is 5.75 Å². The maximum atomic E-state index is 11.9. The molecule has 6 nitrogen and oxygen atoms in total. The molecule has 2 aromatic rings. The Bertz CT molecular complexity index is 810. The highest BCUT2D eigenvalue weighted by molar-refractivity contribution is 6.32. The quantitative estimate of drug-likeness (QED) is 0.885. The van der Waals surface area contributed by atoms with E-state index in [0.717, 1.165) is 18.2 Å². The Balaban J connectivity index is 1.71. The summed E-state index contributed by atoms with van der Waals surface area (Å²) >= 11 is 6.26. The predicted molar refractivity (Wildman–Crippen MR) is 93.5 cm³/mol. The highest BCUT2D eigenvalue weighted by atomic mass is 35.5. The Hall–Kier alpha value is -2.05. The van der Waals surface area contributed by atoms with Crippen molar-refractivity contribution in [2.45, 2.75) is 31.9 Å². The van der Waals surface area contributed by atoms with Gasteiger partial charge < -0.3 is 20.4 Å². The third kappa shape index (κ3) is 3.39. The van der Waals surface area contributed by atoms with Gasteiger partial charge in [0, 0.05) is 37.5 Å². The van der Waals surface area contributed by atoms with Crippen LogP contribution >= 0.6 is 11.6 Å². The summed E-state index contributed by atoms with van der Waals surface area (Å²) < 4.78 is 6.01. The number of pyridine rings is 1. The van der Waals surface area contributed by atoms with Crippen molar-refractivity contribution >= 4 is 28.3 Å². The Morgan fingerprint density at radius 1 is 1.42 bits per heavy atom. The summed E-state index contributed by atoms with van der Waals surface area (Å²) in [5.74, 6) is 0.531. The molecule has 24 heavy (non-hydrogen) atoms. The lowest BCUT2D eigenvalue weighted by atomic mass is 10.1. The summed E-state index contributed by atoms with van der Waals surface area (Å²) in [4.78, 5) is 28.1. The Kier molecular flexibility index (Phi) is 4.78. The number of aromatic amines is 1. The molecule has 128 valence electrons. The molecule has 0 aliphatic carbocycles. The molecule has 1 saturated heterocycles. The fraction of sp³-hybridized carbons (Fsp3) is 0.412. The van der Waals surface area contributed by atoms with Gasteiger partial charge in [-0.2, -0.15) is 0 Å². The molecule has 1 aromatic carbocycles. The fourth-order valence-corrected chi connectivity index (χ4v) is 3.15. The number of ether oxygens (including phenoxy) is 1. The summed E-state index contributed by atoms with van der Waals surface area (Å²) in [6.45, 7) is 2.94. The molecular weight excluding hydrogens is 330 g/mol. The minimum Gasteiger partial charge on any atom is -0.489 e. The van der Waals surface area contributed by atoms with Gasteiger partial charge in [0.2, 0.25) is 5.91 Å². The molecule has 3 rings (SSSR count). The van der Waals surface area contributed by atoms with E-state index < -0.39 is 6.04 Å². The number of fused-ring (bicyclic) bond motifs is 1. The maximum absolute atomic E-state index is 11.9. The van der Waals surface area contributed by atoms with Crippen LogP contribution in [-0.4, -0.2) is 41.0 Å². The molecule has 1 aliphatic heterocycles. The van der Waals surface area contributed by atoms with Gasteiger partial charge in [-0.3, -0.25) is 9.59 Å². The van der Waals surface area contributed by atoms with E-state index in [2.05, 4.69) is 4.98 Å². The van der Waals surface area contributed by atoms with Crippen LogP contribution in [0.1, 0.15) is 19.8 Å². The summed E-state index contributed by atoms with van der Waals surface area (Å²) in [5.41, 5.74) is 5.46. The summed E-state index contributed by atoms with van der Waals surface area (Å²) in [6.07, 6.45) is 3.03. The van der Waals surface area contributed by atoms with Crippen molar-refractivity contribution in [1.29, 1.82) is 0 Å². The Labute approximate surface area is 144 Å². The van der Waals surface area contributed by atoms with E-state index in [1.165, 1.54) is 0 Å². The highest BCUT2D eigenvalue weighted by Gasteiger charge is 2.26. The molecule has 7 heteroatoms. The number of amides is 1. The number of carbonyl (C=O) groups is 1. The van der Waals surface area contributed by atoms with E-state index in [1.807, 2.05) is 6.07 Å². The summed E-state index contributed by atoms with van der Waals surface area (Å²) in [6, 6.07) is 4.74. The zero-order valence-electron chi connectivity index (χ0n) is 13.4. The van der Waals surface area contributed by atoms with E-state index in [4.69, 9.17) is 22.1 Å². The fourth-order valence-electron chi connectivity index (χ4n) is 2.94. The second-order valence-electron chi connectivity index (χ2n) is 6.11. The third-order valence-corrected chi connectivity index (χ3v) is 4.56. The number of halogens is 1. The molecular formula is C17H20ClN3O3. The molecule has 1 aromatic heterocycles. The SMILES string of the molecule is CC(N)C(=O)N1CCC(Oc2cc3cc[nH]c(=O)c3cc2Cl)CC1. The number of nitrogens with two attached hydrogens (primary N) is 1. The molecule has 1 fully saturated rings. The number of nitrogens with zero attached hydrogens (tertiary/aromatic N) is 1. The van der Waals surface area contributed by atoms with Gasteiger partial charge in [-0.1, -0.05) is 11.6 Å². The van der Waals surface area contributed by atoms with Gasteiger partial charge in [0.1, 0.15) is 11.9 Å². The topological polar surface area (TPSA) is 88.4 Å². The number of benzene rings is 1. The van der Waals surface area contributed by atoms with Crippen LogP contribution in [0.4, 0.5) is 0 Å². The predicted octanol–water partition coefficient (Wildman–Crippen LogP) is 1.90. The number of piperidine rings is 1. The lowest BCUT2D eigenvalue weighted by Crippen LogP contribution is -2.47. The lowest BCUT2D eigenvalue weighted by Gasteiger charge is -2.33. The van der Waals surface area contributed by atoms with E-state index in [1.54, 1.807) is 30.2 Å². The van der Waals surface area contributed by atoms with Crippen LogP contribution in [0.15, 0.2) is 29.2 Å². The number of nitrogens with one attached hydrogen (secondary N) is 1. The average molecular weight is 350 g/mol. The van der Waals surface area contributed by atoms with Gasteiger partial charge in [0.15, 0.2) is 0 Å². The van der Waals surface area contributed by atoms with Crippen molar-refractivity contribution in [3.63, 3.8) is 0 Å². The van der Waals surface area contributed by atoms with Gasteiger partial charge in [0.05, 0.1) is 11.1 Å². The first-order valence-electron chi connectivity index (χ1n) is 7.97. The van der Waals surface area contributed by atoms with Crippen molar-refractivity contribution in [2.24, 2.45) is 5.73 Å². The summed E-state index contributed by atoms with van der Waals surface area (Å²) in [5, 5.41) is 1.73. The molecule has 1 atom stereocenters. The van der Waals surface area contributed by atoms with E-state index in [0.29, 0.717) is 29.2 Å².